The highest BCUT2D eigenvalue weighted by Crippen LogP contribution is 2.33. The first-order valence-electron chi connectivity index (χ1n) is 9.67. The van der Waals surface area contributed by atoms with E-state index in [0.717, 1.165) is 4.90 Å². The number of ether oxygens (including phenoxy) is 2. The number of rotatable bonds is 4. The molecule has 0 aliphatic carbocycles. The van der Waals surface area contributed by atoms with Crippen LogP contribution in [0.2, 0.25) is 0 Å². The second-order valence-corrected chi connectivity index (χ2v) is 7.07. The molecule has 0 atom stereocenters. The van der Waals surface area contributed by atoms with Gasteiger partial charge >= 0.3 is 5.63 Å². The molecule has 2 amide bonds. The van der Waals surface area contributed by atoms with Gasteiger partial charge in [0, 0.05) is 17.7 Å². The number of hydrogen-bond acceptors (Lipinski definition) is 7. The van der Waals surface area contributed by atoms with E-state index >= 15 is 0 Å². The van der Waals surface area contributed by atoms with Crippen LogP contribution in [0.1, 0.15) is 20.7 Å². The lowest BCUT2D eigenvalue weighted by molar-refractivity contribution is 0.0926. The SMILES string of the molecule is COc1cc2nc(-c3ccc4c(c3)C(=O)N(c3ccccc3)C4=O)oc(=O)c2cc1OC. The Kier molecular flexibility index (Phi) is 4.48. The molecular weight excluding hydrogens is 412 g/mol. The minimum atomic E-state index is -0.611. The Balaban J connectivity index is 1.61. The molecule has 5 rings (SSSR count). The van der Waals surface area contributed by atoms with E-state index in [0.29, 0.717) is 28.3 Å². The number of nitrogens with zero attached hydrogens (tertiary/aromatic N) is 2. The molecular formula is C24H16N2O6. The van der Waals surface area contributed by atoms with Crippen LogP contribution in [0.25, 0.3) is 22.4 Å². The lowest BCUT2D eigenvalue weighted by Gasteiger charge is -2.13. The maximum atomic E-state index is 13.0. The van der Waals surface area contributed by atoms with Crippen LogP contribution in [0, 0.1) is 0 Å². The first kappa shape index (κ1) is 19.5. The smallest absolute Gasteiger partial charge is 0.347 e. The van der Waals surface area contributed by atoms with Gasteiger partial charge in [0.05, 0.1) is 41.9 Å². The Morgan fingerprint density at radius 1 is 0.812 bits per heavy atom. The quantitative estimate of drug-likeness (QED) is 0.457. The average Bonchev–Trinajstić information content (AvgIpc) is 3.08. The van der Waals surface area contributed by atoms with Gasteiger partial charge in [0.25, 0.3) is 11.8 Å². The molecule has 158 valence electrons. The first-order chi connectivity index (χ1) is 15.5. The number of anilines is 1. The monoisotopic (exact) mass is 428 g/mol. The lowest BCUT2D eigenvalue weighted by Crippen LogP contribution is -2.29. The van der Waals surface area contributed by atoms with E-state index in [1.807, 2.05) is 0 Å². The molecule has 0 saturated carbocycles. The van der Waals surface area contributed by atoms with Crippen molar-refractivity contribution < 1.29 is 23.5 Å². The molecule has 8 nitrogen and oxygen atoms in total. The fourth-order valence-electron chi connectivity index (χ4n) is 3.71. The van der Waals surface area contributed by atoms with E-state index in [-0.39, 0.29) is 22.4 Å². The van der Waals surface area contributed by atoms with Crippen molar-refractivity contribution in [3.05, 3.63) is 82.2 Å². The molecule has 0 unspecified atom stereocenters. The van der Waals surface area contributed by atoms with Gasteiger partial charge < -0.3 is 13.9 Å². The normalized spacial score (nSPS) is 12.9. The predicted molar refractivity (Wildman–Crippen MR) is 116 cm³/mol. The molecule has 32 heavy (non-hydrogen) atoms. The summed E-state index contributed by atoms with van der Waals surface area (Å²) < 4.78 is 15.9. The number of hydrogen-bond donors (Lipinski definition) is 0. The Morgan fingerprint density at radius 3 is 2.22 bits per heavy atom. The molecule has 1 aromatic heterocycles. The molecule has 0 saturated heterocycles. The van der Waals surface area contributed by atoms with Crippen molar-refractivity contribution in [3.8, 4) is 23.0 Å². The molecule has 3 aromatic carbocycles. The summed E-state index contributed by atoms with van der Waals surface area (Å²) in [5.41, 5.74) is 1.11. The highest BCUT2D eigenvalue weighted by molar-refractivity contribution is 6.34. The van der Waals surface area contributed by atoms with E-state index < -0.39 is 17.4 Å². The van der Waals surface area contributed by atoms with Crippen LogP contribution >= 0.6 is 0 Å². The molecule has 0 fully saturated rings. The molecule has 1 aliphatic rings. The van der Waals surface area contributed by atoms with Crippen molar-refractivity contribution in [1.29, 1.82) is 0 Å². The zero-order chi connectivity index (χ0) is 22.4. The third-order valence-corrected chi connectivity index (χ3v) is 5.28. The zero-order valence-electron chi connectivity index (χ0n) is 17.1. The topological polar surface area (TPSA) is 98.9 Å². The highest BCUT2D eigenvalue weighted by atomic mass is 16.5. The number of carbonyl (C=O) groups excluding carboxylic acids is 2. The summed E-state index contributed by atoms with van der Waals surface area (Å²) in [5.74, 6) is -0.0437. The molecule has 2 heterocycles. The van der Waals surface area contributed by atoms with Gasteiger partial charge in [-0.1, -0.05) is 18.2 Å². The lowest BCUT2D eigenvalue weighted by atomic mass is 10.1. The summed E-state index contributed by atoms with van der Waals surface area (Å²) in [6.07, 6.45) is 0. The maximum absolute atomic E-state index is 13.0. The molecule has 0 spiro atoms. The number of para-hydroxylation sites is 1. The summed E-state index contributed by atoms with van der Waals surface area (Å²) in [7, 11) is 2.95. The second kappa shape index (κ2) is 7.35. The molecule has 0 bridgehead atoms. The van der Waals surface area contributed by atoms with Gasteiger partial charge in [0.1, 0.15) is 0 Å². The van der Waals surface area contributed by atoms with Crippen LogP contribution in [0.5, 0.6) is 11.5 Å². The van der Waals surface area contributed by atoms with Crippen LogP contribution in [0.3, 0.4) is 0 Å². The molecule has 4 aromatic rings. The van der Waals surface area contributed by atoms with Crippen LogP contribution in [-0.4, -0.2) is 31.0 Å². The van der Waals surface area contributed by atoms with Gasteiger partial charge in [0.15, 0.2) is 11.5 Å². The van der Waals surface area contributed by atoms with Crippen LogP contribution in [0.15, 0.2) is 69.9 Å². The molecule has 0 radical (unpaired) electrons. The van der Waals surface area contributed by atoms with Gasteiger partial charge in [-0.05, 0) is 30.3 Å². The number of aromatic nitrogens is 1. The van der Waals surface area contributed by atoms with Gasteiger partial charge in [-0.3, -0.25) is 9.59 Å². The second-order valence-electron chi connectivity index (χ2n) is 7.07. The van der Waals surface area contributed by atoms with Crippen molar-refractivity contribution >= 4 is 28.4 Å². The van der Waals surface area contributed by atoms with Gasteiger partial charge in [-0.25, -0.2) is 14.7 Å². The maximum Gasteiger partial charge on any atom is 0.347 e. The zero-order valence-corrected chi connectivity index (χ0v) is 17.1. The number of methoxy groups -OCH3 is 2. The molecule has 1 aliphatic heterocycles. The number of carbonyl (C=O) groups is 2. The number of benzene rings is 3. The fourth-order valence-corrected chi connectivity index (χ4v) is 3.71. The Morgan fingerprint density at radius 2 is 1.50 bits per heavy atom. The van der Waals surface area contributed by atoms with Gasteiger partial charge in [0.2, 0.25) is 5.89 Å². The first-order valence-corrected chi connectivity index (χ1v) is 9.67. The Bertz CT molecular complexity index is 1460. The Hall–Kier alpha value is -4.46. The minimum Gasteiger partial charge on any atom is -0.493 e. The van der Waals surface area contributed by atoms with Crippen molar-refractivity contribution in [1.82, 2.24) is 4.98 Å². The summed E-state index contributed by atoms with van der Waals surface area (Å²) in [6.45, 7) is 0. The van der Waals surface area contributed by atoms with Crippen molar-refractivity contribution in [3.63, 3.8) is 0 Å². The van der Waals surface area contributed by atoms with Crippen LogP contribution in [-0.2, 0) is 0 Å². The van der Waals surface area contributed by atoms with Crippen molar-refractivity contribution in [2.45, 2.75) is 0 Å². The van der Waals surface area contributed by atoms with E-state index in [1.54, 1.807) is 42.5 Å². The van der Waals surface area contributed by atoms with E-state index in [1.165, 1.54) is 32.4 Å². The fraction of sp³-hybridized carbons (Fsp3) is 0.0833. The summed E-state index contributed by atoms with van der Waals surface area (Å²) in [6, 6.07) is 16.4. The summed E-state index contributed by atoms with van der Waals surface area (Å²) in [4.78, 5) is 43.9. The predicted octanol–water partition coefficient (Wildman–Crippen LogP) is 3.67. The highest BCUT2D eigenvalue weighted by Gasteiger charge is 2.37. The van der Waals surface area contributed by atoms with E-state index in [9.17, 15) is 14.4 Å². The minimum absolute atomic E-state index is 0.0240. The van der Waals surface area contributed by atoms with Crippen LogP contribution in [0.4, 0.5) is 5.69 Å². The molecule has 0 N–H and O–H groups in total. The number of imide groups is 1. The Labute approximate surface area is 181 Å². The van der Waals surface area contributed by atoms with Crippen molar-refractivity contribution in [2.75, 3.05) is 19.1 Å². The molecule has 8 heteroatoms. The van der Waals surface area contributed by atoms with E-state index in [2.05, 4.69) is 4.98 Å². The number of amides is 2. The van der Waals surface area contributed by atoms with Crippen molar-refractivity contribution in [2.24, 2.45) is 0 Å². The summed E-state index contributed by atoms with van der Waals surface area (Å²) in [5, 5.41) is 0.231. The van der Waals surface area contributed by atoms with Gasteiger partial charge in [-0.2, -0.15) is 0 Å². The van der Waals surface area contributed by atoms with Crippen LogP contribution < -0.4 is 20.0 Å². The largest absolute Gasteiger partial charge is 0.493 e. The van der Waals surface area contributed by atoms with E-state index in [4.69, 9.17) is 13.9 Å². The standard InChI is InChI=1S/C24H16N2O6/c1-30-19-11-17-18(12-20(19)31-2)25-21(32-24(17)29)13-8-9-15-16(10-13)23(28)26(22(15)27)14-6-4-3-5-7-14/h3-12H,1-2H3. The average molecular weight is 428 g/mol. The third kappa shape index (κ3) is 2.92. The third-order valence-electron chi connectivity index (χ3n) is 5.28. The van der Waals surface area contributed by atoms with Gasteiger partial charge in [-0.15, -0.1) is 0 Å². The summed E-state index contributed by atoms with van der Waals surface area (Å²) >= 11 is 0. The number of fused-ring (bicyclic) bond motifs is 2.